The second kappa shape index (κ2) is 9.27. The smallest absolute Gasteiger partial charge is 0.357 e. The summed E-state index contributed by atoms with van der Waals surface area (Å²) in [4.78, 5) is 9.31. The molecule has 0 radical (unpaired) electrons. The van der Waals surface area contributed by atoms with Gasteiger partial charge in [0.1, 0.15) is 5.01 Å². The van der Waals surface area contributed by atoms with Crippen LogP contribution in [-0.2, 0) is 19.3 Å². The zero-order chi connectivity index (χ0) is 19.2. The molecule has 0 aliphatic rings. The van der Waals surface area contributed by atoms with E-state index in [2.05, 4.69) is 26.7 Å². The molecule has 1 aromatic heterocycles. The molecular weight excluding hydrogens is 381 g/mol. The average Bonchev–Trinajstić information content (AvgIpc) is 3.07. The van der Waals surface area contributed by atoms with Gasteiger partial charge in [0.2, 0.25) is 0 Å². The van der Waals surface area contributed by atoms with Crippen molar-refractivity contribution in [1.82, 2.24) is 15.6 Å². The lowest BCUT2D eigenvalue weighted by molar-refractivity contribution is -0.140. The first-order chi connectivity index (χ1) is 12.3. The standard InChI is InChI=1S/C17H21F3N4S2/c1-4-21-16(22-8-12-6-5-11(2)7-13(12)25-3)23-9-15-24-14(10-26-15)17(18,19)20/h5-7,10H,4,8-9H2,1-3H3,(H2,21,22,23). The Labute approximate surface area is 159 Å². The van der Waals surface area contributed by atoms with E-state index in [1.54, 1.807) is 11.8 Å². The molecule has 0 unspecified atom stereocenters. The van der Waals surface area contributed by atoms with E-state index in [-0.39, 0.29) is 6.54 Å². The largest absolute Gasteiger partial charge is 0.434 e. The van der Waals surface area contributed by atoms with Crippen molar-refractivity contribution in [3.63, 3.8) is 0 Å². The Balaban J connectivity index is 2.04. The number of hydrogen-bond donors (Lipinski definition) is 2. The normalized spacial score (nSPS) is 12.3. The van der Waals surface area contributed by atoms with Gasteiger partial charge in [-0.15, -0.1) is 23.1 Å². The summed E-state index contributed by atoms with van der Waals surface area (Å²) in [5, 5.41) is 7.52. The van der Waals surface area contributed by atoms with Gasteiger partial charge in [-0.1, -0.05) is 12.1 Å². The molecule has 26 heavy (non-hydrogen) atoms. The summed E-state index contributed by atoms with van der Waals surface area (Å²) in [6.07, 6.45) is -2.39. The van der Waals surface area contributed by atoms with Gasteiger partial charge >= 0.3 is 6.18 Å². The number of aliphatic imine (C=N–C) groups is 1. The summed E-state index contributed by atoms with van der Waals surface area (Å²) in [6, 6.07) is 6.20. The number of hydrogen-bond acceptors (Lipinski definition) is 4. The zero-order valence-corrected chi connectivity index (χ0v) is 16.4. The van der Waals surface area contributed by atoms with Crippen LogP contribution >= 0.6 is 23.1 Å². The van der Waals surface area contributed by atoms with E-state index >= 15 is 0 Å². The molecule has 2 N–H and O–H groups in total. The minimum atomic E-state index is -4.41. The molecule has 0 fully saturated rings. The predicted octanol–water partition coefficient (Wildman–Crippen LogP) is 4.45. The summed E-state index contributed by atoms with van der Waals surface area (Å²) >= 11 is 2.64. The Morgan fingerprint density at radius 3 is 2.69 bits per heavy atom. The molecule has 2 aromatic rings. The Morgan fingerprint density at radius 1 is 1.31 bits per heavy atom. The molecule has 0 amide bonds. The van der Waals surface area contributed by atoms with Crippen LogP contribution in [0, 0.1) is 6.92 Å². The van der Waals surface area contributed by atoms with Crippen molar-refractivity contribution in [3.05, 3.63) is 45.4 Å². The maximum absolute atomic E-state index is 12.6. The number of rotatable bonds is 6. The van der Waals surface area contributed by atoms with Crippen LogP contribution in [0.3, 0.4) is 0 Å². The van der Waals surface area contributed by atoms with Gasteiger partial charge in [-0.05, 0) is 37.3 Å². The first-order valence-corrected chi connectivity index (χ1v) is 10.1. The van der Waals surface area contributed by atoms with Crippen molar-refractivity contribution in [1.29, 1.82) is 0 Å². The molecule has 0 aliphatic carbocycles. The summed E-state index contributed by atoms with van der Waals surface area (Å²) in [7, 11) is 0. The van der Waals surface area contributed by atoms with Crippen molar-refractivity contribution in [2.45, 2.75) is 38.0 Å². The van der Waals surface area contributed by atoms with Crippen molar-refractivity contribution in [3.8, 4) is 0 Å². The van der Waals surface area contributed by atoms with E-state index in [4.69, 9.17) is 0 Å². The lowest BCUT2D eigenvalue weighted by Gasteiger charge is -2.11. The van der Waals surface area contributed by atoms with Gasteiger partial charge in [-0.3, -0.25) is 0 Å². The van der Waals surface area contributed by atoms with Crippen LogP contribution < -0.4 is 10.6 Å². The first kappa shape index (κ1) is 20.6. The number of aryl methyl sites for hydroxylation is 1. The van der Waals surface area contributed by atoms with Crippen molar-refractivity contribution < 1.29 is 13.2 Å². The van der Waals surface area contributed by atoms with Crippen LogP contribution in [0.2, 0.25) is 0 Å². The maximum Gasteiger partial charge on any atom is 0.434 e. The lowest BCUT2D eigenvalue weighted by Crippen LogP contribution is -2.36. The first-order valence-electron chi connectivity index (χ1n) is 8.00. The molecule has 0 atom stereocenters. The number of aromatic nitrogens is 1. The van der Waals surface area contributed by atoms with E-state index in [0.717, 1.165) is 22.3 Å². The fraction of sp³-hybridized carbons (Fsp3) is 0.412. The number of thioether (sulfide) groups is 1. The molecular formula is C17H21F3N4S2. The van der Waals surface area contributed by atoms with Gasteiger partial charge in [-0.2, -0.15) is 13.2 Å². The molecule has 2 rings (SSSR count). The summed E-state index contributed by atoms with van der Waals surface area (Å²) in [5.41, 5.74) is 1.44. The molecule has 0 saturated heterocycles. The second-order valence-electron chi connectivity index (χ2n) is 5.49. The van der Waals surface area contributed by atoms with E-state index in [1.165, 1.54) is 10.5 Å². The Kier molecular flexibility index (Phi) is 7.33. The topological polar surface area (TPSA) is 49.3 Å². The minimum absolute atomic E-state index is 0.190. The predicted molar refractivity (Wildman–Crippen MR) is 102 cm³/mol. The Hall–Kier alpha value is -1.74. The van der Waals surface area contributed by atoms with E-state index in [0.29, 0.717) is 24.1 Å². The third-order valence-corrected chi connectivity index (χ3v) is 5.11. The highest BCUT2D eigenvalue weighted by molar-refractivity contribution is 7.98. The highest BCUT2D eigenvalue weighted by Crippen LogP contribution is 2.29. The monoisotopic (exact) mass is 402 g/mol. The van der Waals surface area contributed by atoms with Crippen molar-refractivity contribution in [2.24, 2.45) is 4.99 Å². The van der Waals surface area contributed by atoms with Crippen LogP contribution in [0.25, 0.3) is 0 Å². The molecule has 1 aromatic carbocycles. The zero-order valence-electron chi connectivity index (χ0n) is 14.8. The number of benzene rings is 1. The van der Waals surface area contributed by atoms with Crippen molar-refractivity contribution in [2.75, 3.05) is 12.8 Å². The molecule has 4 nitrogen and oxygen atoms in total. The maximum atomic E-state index is 12.6. The van der Waals surface area contributed by atoms with Gasteiger partial charge < -0.3 is 10.6 Å². The highest BCUT2D eigenvalue weighted by Gasteiger charge is 2.33. The van der Waals surface area contributed by atoms with Gasteiger partial charge in [0.05, 0.1) is 13.1 Å². The SMILES string of the molecule is CCNC(=NCc1ccc(C)cc1SC)NCc1nc(C(F)(F)F)cs1. The molecule has 9 heteroatoms. The number of thiazole rings is 1. The highest BCUT2D eigenvalue weighted by atomic mass is 32.2. The summed E-state index contributed by atoms with van der Waals surface area (Å²) < 4.78 is 37.8. The third kappa shape index (κ3) is 5.91. The van der Waals surface area contributed by atoms with E-state index < -0.39 is 11.9 Å². The molecule has 1 heterocycles. The fourth-order valence-corrected chi connectivity index (χ4v) is 3.61. The van der Waals surface area contributed by atoms with Crippen molar-refractivity contribution >= 4 is 29.1 Å². The third-order valence-electron chi connectivity index (χ3n) is 3.44. The fourth-order valence-electron chi connectivity index (χ4n) is 2.17. The molecule has 0 spiro atoms. The van der Waals surface area contributed by atoms with E-state index in [1.807, 2.05) is 32.2 Å². The number of halogens is 3. The summed E-state index contributed by atoms with van der Waals surface area (Å²) in [5.74, 6) is 0.545. The Morgan fingerprint density at radius 2 is 2.08 bits per heavy atom. The minimum Gasteiger partial charge on any atom is -0.357 e. The lowest BCUT2D eigenvalue weighted by atomic mass is 10.1. The molecule has 0 aliphatic heterocycles. The van der Waals surface area contributed by atoms with E-state index in [9.17, 15) is 13.2 Å². The molecule has 0 saturated carbocycles. The van der Waals surface area contributed by atoms with Crippen LogP contribution in [0.1, 0.15) is 28.8 Å². The Bertz CT molecular complexity index is 757. The van der Waals surface area contributed by atoms with Gasteiger partial charge in [0.25, 0.3) is 0 Å². The molecule has 142 valence electrons. The van der Waals surface area contributed by atoms with Crippen LogP contribution in [0.4, 0.5) is 13.2 Å². The number of guanidine groups is 1. The second-order valence-corrected chi connectivity index (χ2v) is 7.28. The quantitative estimate of drug-likeness (QED) is 0.426. The number of alkyl halides is 3. The van der Waals surface area contributed by atoms with Crippen LogP contribution in [0.5, 0.6) is 0 Å². The van der Waals surface area contributed by atoms with Gasteiger partial charge in [0.15, 0.2) is 11.7 Å². The van der Waals surface area contributed by atoms with Gasteiger partial charge in [0, 0.05) is 16.8 Å². The van der Waals surface area contributed by atoms with Gasteiger partial charge in [-0.25, -0.2) is 9.98 Å². The van der Waals surface area contributed by atoms with Crippen LogP contribution in [0.15, 0.2) is 33.5 Å². The number of nitrogens with zero attached hydrogens (tertiary/aromatic N) is 2. The molecule has 0 bridgehead atoms. The number of nitrogens with one attached hydrogen (secondary N) is 2. The average molecular weight is 403 g/mol. The summed E-state index contributed by atoms with van der Waals surface area (Å²) in [6.45, 7) is 5.30. The van der Waals surface area contributed by atoms with Crippen LogP contribution in [-0.4, -0.2) is 23.7 Å².